The van der Waals surface area contributed by atoms with Gasteiger partial charge in [0.05, 0.1) is 23.9 Å². The lowest BCUT2D eigenvalue weighted by Gasteiger charge is -2.13. The van der Waals surface area contributed by atoms with Gasteiger partial charge < -0.3 is 18.7 Å². The van der Waals surface area contributed by atoms with Gasteiger partial charge in [-0.1, -0.05) is 22.9 Å². The maximum atomic E-state index is 12.6. The second kappa shape index (κ2) is 9.68. The number of carbonyl (C=O) groups is 2. The SMILES string of the molecule is COc1cc(C(=O)OCC(=O)c2c(C)cc(C)cc2C)ccc1OCc1c(C)noc1C. The Labute approximate surface area is 187 Å². The molecule has 1 aromatic heterocycles. The van der Waals surface area contributed by atoms with Crippen molar-refractivity contribution in [2.75, 3.05) is 13.7 Å². The van der Waals surface area contributed by atoms with Crippen LogP contribution in [0.3, 0.4) is 0 Å². The standard InChI is InChI=1S/C25H27NO6/c1-14-9-15(2)24(16(3)10-14)21(27)13-31-25(28)19-7-8-22(23(11-19)29-6)30-12-20-17(4)26-32-18(20)5/h7-11H,12-13H2,1-6H3. The van der Waals surface area contributed by atoms with Crippen molar-refractivity contribution in [3.05, 3.63) is 75.2 Å². The van der Waals surface area contributed by atoms with Crippen LogP contribution in [0, 0.1) is 34.6 Å². The van der Waals surface area contributed by atoms with Gasteiger partial charge in [-0.05, 0) is 63.9 Å². The van der Waals surface area contributed by atoms with E-state index in [4.69, 9.17) is 18.7 Å². The number of ketones is 1. The maximum Gasteiger partial charge on any atom is 0.338 e. The molecule has 0 aliphatic heterocycles. The molecule has 1 heterocycles. The summed E-state index contributed by atoms with van der Waals surface area (Å²) in [6.45, 7) is 9.30. The fourth-order valence-electron chi connectivity index (χ4n) is 3.68. The smallest absolute Gasteiger partial charge is 0.338 e. The Balaban J connectivity index is 1.67. The zero-order chi connectivity index (χ0) is 23.4. The molecule has 0 aliphatic rings. The first-order valence-corrected chi connectivity index (χ1v) is 10.2. The molecule has 7 nitrogen and oxygen atoms in total. The van der Waals surface area contributed by atoms with Crippen molar-refractivity contribution in [3.63, 3.8) is 0 Å². The molecule has 0 atom stereocenters. The zero-order valence-corrected chi connectivity index (χ0v) is 19.2. The Bertz CT molecular complexity index is 1120. The summed E-state index contributed by atoms with van der Waals surface area (Å²) in [6, 6.07) is 8.60. The van der Waals surface area contributed by atoms with Gasteiger partial charge in [0.25, 0.3) is 0 Å². The Morgan fingerprint density at radius 2 is 1.66 bits per heavy atom. The predicted octanol–water partition coefficient (Wildman–Crippen LogP) is 4.84. The number of esters is 1. The molecule has 0 aliphatic carbocycles. The van der Waals surface area contributed by atoms with E-state index in [-0.39, 0.29) is 24.6 Å². The van der Waals surface area contributed by atoms with Gasteiger partial charge >= 0.3 is 5.97 Å². The van der Waals surface area contributed by atoms with Crippen molar-refractivity contribution in [3.8, 4) is 11.5 Å². The fraction of sp³-hybridized carbons (Fsp3) is 0.320. The highest BCUT2D eigenvalue weighted by molar-refractivity contribution is 6.01. The van der Waals surface area contributed by atoms with Crippen LogP contribution in [0.25, 0.3) is 0 Å². The second-order valence-electron chi connectivity index (χ2n) is 7.73. The van der Waals surface area contributed by atoms with Crippen molar-refractivity contribution in [2.24, 2.45) is 0 Å². The van der Waals surface area contributed by atoms with Gasteiger partial charge in [0, 0.05) is 5.56 Å². The van der Waals surface area contributed by atoms with Gasteiger partial charge in [-0.3, -0.25) is 4.79 Å². The summed E-state index contributed by atoms with van der Waals surface area (Å²) in [5.74, 6) is 0.676. The van der Waals surface area contributed by atoms with E-state index >= 15 is 0 Å². The molecule has 0 fully saturated rings. The summed E-state index contributed by atoms with van der Waals surface area (Å²) >= 11 is 0. The summed E-state index contributed by atoms with van der Waals surface area (Å²) in [4.78, 5) is 25.2. The van der Waals surface area contributed by atoms with Crippen molar-refractivity contribution >= 4 is 11.8 Å². The minimum absolute atomic E-state index is 0.236. The number of hydrogen-bond acceptors (Lipinski definition) is 7. The first kappa shape index (κ1) is 23.1. The predicted molar refractivity (Wildman–Crippen MR) is 119 cm³/mol. The van der Waals surface area contributed by atoms with Crippen molar-refractivity contribution in [2.45, 2.75) is 41.2 Å². The molecule has 0 amide bonds. The Hall–Kier alpha value is -3.61. The number of ether oxygens (including phenoxy) is 3. The summed E-state index contributed by atoms with van der Waals surface area (Å²) in [5, 5.41) is 3.90. The van der Waals surface area contributed by atoms with Crippen LogP contribution in [0.15, 0.2) is 34.9 Å². The quantitative estimate of drug-likeness (QED) is 0.368. The van der Waals surface area contributed by atoms with Gasteiger partial charge in [-0.25, -0.2) is 4.79 Å². The van der Waals surface area contributed by atoms with Crippen LogP contribution < -0.4 is 9.47 Å². The average Bonchev–Trinajstić information content (AvgIpc) is 3.06. The van der Waals surface area contributed by atoms with Gasteiger partial charge in [0.2, 0.25) is 5.78 Å². The highest BCUT2D eigenvalue weighted by Crippen LogP contribution is 2.30. The van der Waals surface area contributed by atoms with E-state index in [0.717, 1.165) is 27.9 Å². The van der Waals surface area contributed by atoms with Crippen molar-refractivity contribution < 1.29 is 28.3 Å². The fourth-order valence-corrected chi connectivity index (χ4v) is 3.68. The summed E-state index contributed by atoms with van der Waals surface area (Å²) in [5.41, 5.74) is 5.27. The largest absolute Gasteiger partial charge is 0.493 e. The van der Waals surface area contributed by atoms with Gasteiger partial charge in [-0.15, -0.1) is 0 Å². The van der Waals surface area contributed by atoms with E-state index in [1.54, 1.807) is 12.1 Å². The number of carbonyl (C=O) groups excluding carboxylic acids is 2. The molecular weight excluding hydrogens is 410 g/mol. The molecule has 0 N–H and O–H groups in total. The minimum atomic E-state index is -0.614. The first-order valence-electron chi connectivity index (χ1n) is 10.2. The third-order valence-corrected chi connectivity index (χ3v) is 5.24. The summed E-state index contributed by atoms with van der Waals surface area (Å²) < 4.78 is 21.6. The molecule has 3 aromatic rings. The molecular formula is C25H27NO6. The van der Waals surface area contributed by atoms with E-state index in [9.17, 15) is 9.59 Å². The second-order valence-corrected chi connectivity index (χ2v) is 7.73. The van der Waals surface area contributed by atoms with E-state index in [0.29, 0.717) is 22.8 Å². The van der Waals surface area contributed by atoms with Gasteiger partial charge in [0.15, 0.2) is 18.1 Å². The molecule has 0 saturated carbocycles. The van der Waals surface area contributed by atoms with E-state index in [1.165, 1.54) is 13.2 Å². The summed E-state index contributed by atoms with van der Waals surface area (Å²) in [7, 11) is 1.49. The lowest BCUT2D eigenvalue weighted by atomic mass is 9.97. The molecule has 7 heteroatoms. The summed E-state index contributed by atoms with van der Waals surface area (Å²) in [6.07, 6.45) is 0. The number of methoxy groups -OCH3 is 1. The minimum Gasteiger partial charge on any atom is -0.493 e. The van der Waals surface area contributed by atoms with Crippen LogP contribution in [0.1, 0.15) is 54.4 Å². The molecule has 0 bridgehead atoms. The Morgan fingerprint density at radius 1 is 0.969 bits per heavy atom. The number of Topliss-reactive ketones (excluding diaryl/α,β-unsaturated/α-hetero) is 1. The Kier molecular flexibility index (Phi) is 6.98. The number of aryl methyl sites for hydroxylation is 5. The Morgan fingerprint density at radius 3 is 2.25 bits per heavy atom. The molecule has 3 rings (SSSR count). The highest BCUT2D eigenvalue weighted by atomic mass is 16.5. The molecule has 0 saturated heterocycles. The molecule has 168 valence electrons. The van der Waals surface area contributed by atoms with Crippen LogP contribution in [0.5, 0.6) is 11.5 Å². The molecule has 0 radical (unpaired) electrons. The van der Waals surface area contributed by atoms with E-state index in [2.05, 4.69) is 5.16 Å². The lowest BCUT2D eigenvalue weighted by Crippen LogP contribution is -2.16. The zero-order valence-electron chi connectivity index (χ0n) is 19.2. The van der Waals surface area contributed by atoms with E-state index in [1.807, 2.05) is 46.8 Å². The average molecular weight is 437 g/mol. The van der Waals surface area contributed by atoms with Crippen LogP contribution in [-0.4, -0.2) is 30.6 Å². The van der Waals surface area contributed by atoms with E-state index < -0.39 is 5.97 Å². The number of hydrogen-bond donors (Lipinski definition) is 0. The number of benzene rings is 2. The van der Waals surface area contributed by atoms with Crippen molar-refractivity contribution in [1.29, 1.82) is 0 Å². The first-order chi connectivity index (χ1) is 15.2. The van der Waals surface area contributed by atoms with Gasteiger partial charge in [0.1, 0.15) is 12.4 Å². The normalized spacial score (nSPS) is 10.7. The van der Waals surface area contributed by atoms with Gasteiger partial charge in [-0.2, -0.15) is 0 Å². The third kappa shape index (κ3) is 4.99. The van der Waals surface area contributed by atoms with Crippen LogP contribution >= 0.6 is 0 Å². The molecule has 0 spiro atoms. The number of nitrogens with zero attached hydrogens (tertiary/aromatic N) is 1. The van der Waals surface area contributed by atoms with Crippen LogP contribution in [0.4, 0.5) is 0 Å². The third-order valence-electron chi connectivity index (χ3n) is 5.24. The number of rotatable bonds is 8. The molecule has 0 unspecified atom stereocenters. The number of aromatic nitrogens is 1. The van der Waals surface area contributed by atoms with Crippen molar-refractivity contribution in [1.82, 2.24) is 5.16 Å². The topological polar surface area (TPSA) is 87.9 Å². The monoisotopic (exact) mass is 437 g/mol. The molecule has 32 heavy (non-hydrogen) atoms. The highest BCUT2D eigenvalue weighted by Gasteiger charge is 2.18. The van der Waals surface area contributed by atoms with Crippen LogP contribution in [0.2, 0.25) is 0 Å². The maximum absolute atomic E-state index is 12.6. The lowest BCUT2D eigenvalue weighted by molar-refractivity contribution is 0.0474. The van der Waals surface area contributed by atoms with Crippen LogP contribution in [-0.2, 0) is 11.3 Å². The molecule has 2 aromatic carbocycles.